The Balaban J connectivity index is 1.86. The maximum atomic E-state index is 10.5. The van der Waals surface area contributed by atoms with Gasteiger partial charge in [0.05, 0.1) is 29.8 Å². The molecule has 0 saturated carbocycles. The highest BCUT2D eigenvalue weighted by atomic mass is 79.9. The fourth-order valence-electron chi connectivity index (χ4n) is 4.84. The average Bonchev–Trinajstić information content (AvgIpc) is 2.78. The van der Waals surface area contributed by atoms with Crippen LogP contribution in [0.3, 0.4) is 0 Å². The highest BCUT2D eigenvalue weighted by Crippen LogP contribution is 2.54. The summed E-state index contributed by atoms with van der Waals surface area (Å²) in [7, 11) is 1.54. The third-order valence-corrected chi connectivity index (χ3v) is 6.59. The van der Waals surface area contributed by atoms with Crippen LogP contribution in [0, 0.1) is 11.3 Å². The molecule has 6 heteroatoms. The molecule has 2 N–H and O–H groups in total. The lowest BCUT2D eigenvalue weighted by molar-refractivity contribution is 0.371. The first-order valence-electron chi connectivity index (χ1n) is 10.9. The second kappa shape index (κ2) is 7.96. The molecule has 170 valence electrons. The van der Waals surface area contributed by atoms with Crippen molar-refractivity contribution in [3.8, 4) is 34.4 Å². The Kier molecular flexibility index (Phi) is 5.18. The molecule has 0 unspecified atom stereocenters. The normalized spacial score (nSPS) is 16.2. The Bertz CT molecular complexity index is 1460. The molecule has 0 bridgehead atoms. The van der Waals surface area contributed by atoms with Crippen LogP contribution in [0.2, 0.25) is 0 Å². The molecule has 0 aromatic heterocycles. The maximum Gasteiger partial charge on any atom is 0.172 e. The van der Waals surface area contributed by atoms with E-state index in [0.29, 0.717) is 28.4 Å². The number of phenolic OH excluding ortho intramolecular Hbond substituents is 1. The van der Waals surface area contributed by atoms with E-state index in [2.05, 4.69) is 60.2 Å². The maximum absolute atomic E-state index is 10.5. The zero-order chi connectivity index (χ0) is 24.2. The minimum atomic E-state index is -0.198. The summed E-state index contributed by atoms with van der Waals surface area (Å²) in [5, 5.41) is 23.8. The van der Waals surface area contributed by atoms with Crippen molar-refractivity contribution in [1.82, 2.24) is 0 Å². The van der Waals surface area contributed by atoms with Crippen LogP contribution in [-0.2, 0) is 0 Å². The number of benzene rings is 3. The summed E-state index contributed by atoms with van der Waals surface area (Å²) in [6.45, 7) is 6.35. The summed E-state index contributed by atoms with van der Waals surface area (Å²) in [5.74, 6) is 1.61. The Morgan fingerprint density at radius 2 is 1.91 bits per heavy atom. The molecular weight excluding hydrogens is 492 g/mol. The van der Waals surface area contributed by atoms with Gasteiger partial charge < -0.3 is 19.9 Å². The lowest BCUT2D eigenvalue weighted by atomic mass is 9.82. The van der Waals surface area contributed by atoms with Crippen molar-refractivity contribution < 1.29 is 14.6 Å². The number of fused-ring (bicyclic) bond motifs is 5. The number of nitrogens with zero attached hydrogens (tertiary/aromatic N) is 1. The Labute approximate surface area is 207 Å². The third kappa shape index (κ3) is 3.53. The summed E-state index contributed by atoms with van der Waals surface area (Å²) in [5.41, 5.74) is 6.70. The van der Waals surface area contributed by atoms with Gasteiger partial charge in [-0.3, -0.25) is 0 Å². The quantitative estimate of drug-likeness (QED) is 0.378. The van der Waals surface area contributed by atoms with E-state index in [1.54, 1.807) is 18.2 Å². The van der Waals surface area contributed by atoms with Gasteiger partial charge in [0.15, 0.2) is 11.5 Å². The molecule has 2 aliphatic rings. The molecule has 0 radical (unpaired) electrons. The molecule has 5 rings (SSSR count). The second-order valence-electron chi connectivity index (χ2n) is 9.03. The van der Waals surface area contributed by atoms with E-state index in [4.69, 9.17) is 9.47 Å². The number of hydrogen-bond donors (Lipinski definition) is 2. The smallest absolute Gasteiger partial charge is 0.172 e. The molecule has 34 heavy (non-hydrogen) atoms. The van der Waals surface area contributed by atoms with Crippen LogP contribution in [0.5, 0.6) is 17.2 Å². The van der Waals surface area contributed by atoms with Crippen LogP contribution in [0.4, 0.5) is 5.69 Å². The summed E-state index contributed by atoms with van der Waals surface area (Å²) < 4.78 is 12.9. The highest BCUT2D eigenvalue weighted by Gasteiger charge is 2.33. The van der Waals surface area contributed by atoms with E-state index in [1.807, 2.05) is 24.3 Å². The van der Waals surface area contributed by atoms with E-state index in [0.717, 1.165) is 38.0 Å². The number of halogens is 1. The van der Waals surface area contributed by atoms with Gasteiger partial charge in [0.25, 0.3) is 0 Å². The number of phenols is 1. The van der Waals surface area contributed by atoms with E-state index < -0.39 is 0 Å². The Morgan fingerprint density at radius 1 is 1.12 bits per heavy atom. The van der Waals surface area contributed by atoms with Gasteiger partial charge in [-0.05, 0) is 74.4 Å². The molecule has 0 atom stereocenters. The van der Waals surface area contributed by atoms with Crippen LogP contribution < -0.4 is 14.8 Å². The van der Waals surface area contributed by atoms with Gasteiger partial charge in [-0.1, -0.05) is 28.1 Å². The van der Waals surface area contributed by atoms with Crippen LogP contribution >= 0.6 is 15.9 Å². The van der Waals surface area contributed by atoms with Crippen molar-refractivity contribution in [2.45, 2.75) is 26.3 Å². The lowest BCUT2D eigenvalue weighted by Gasteiger charge is -2.35. The summed E-state index contributed by atoms with van der Waals surface area (Å²) in [4.78, 5) is 0. The Hall–Kier alpha value is -3.69. The number of methoxy groups -OCH3 is 1. The first-order chi connectivity index (χ1) is 16.2. The molecule has 2 aliphatic heterocycles. The molecule has 2 heterocycles. The fourth-order valence-corrected chi connectivity index (χ4v) is 5.22. The van der Waals surface area contributed by atoms with E-state index in [-0.39, 0.29) is 11.3 Å². The SMILES string of the molecule is COc1c(O)ccc2c1-c1ccc3c(c1C(=Cc1cc(Br)ccc1C#N)O2)C(C)=CC(C)(C)N3. The molecule has 0 aliphatic carbocycles. The van der Waals surface area contributed by atoms with Gasteiger partial charge in [-0.2, -0.15) is 5.26 Å². The minimum absolute atomic E-state index is 0.0474. The third-order valence-electron chi connectivity index (χ3n) is 6.09. The molecule has 3 aromatic rings. The van der Waals surface area contributed by atoms with Gasteiger partial charge in [0.1, 0.15) is 11.5 Å². The number of hydrogen-bond acceptors (Lipinski definition) is 5. The fraction of sp³-hybridized carbons (Fsp3) is 0.179. The lowest BCUT2D eigenvalue weighted by Crippen LogP contribution is -2.32. The topological polar surface area (TPSA) is 74.5 Å². The van der Waals surface area contributed by atoms with E-state index >= 15 is 0 Å². The zero-order valence-electron chi connectivity index (χ0n) is 19.3. The number of nitriles is 1. The van der Waals surface area contributed by atoms with Crippen molar-refractivity contribution in [3.05, 3.63) is 75.3 Å². The van der Waals surface area contributed by atoms with Crippen molar-refractivity contribution in [2.24, 2.45) is 0 Å². The van der Waals surface area contributed by atoms with Crippen molar-refractivity contribution in [2.75, 3.05) is 12.4 Å². The standard InChI is InChI=1S/C28H23BrN2O3/c1-15-13-28(2,3)31-20-8-7-19-25(24(15)20)23(12-17-11-18(29)6-5-16(17)14-30)34-22-10-9-21(32)27(33-4)26(19)22/h5-13,31-32H,1-4H3. The summed E-state index contributed by atoms with van der Waals surface area (Å²) in [6, 6.07) is 15.2. The molecule has 0 spiro atoms. The first kappa shape index (κ1) is 22.1. The molecule has 3 aromatic carbocycles. The predicted molar refractivity (Wildman–Crippen MR) is 139 cm³/mol. The van der Waals surface area contributed by atoms with Gasteiger partial charge in [-0.25, -0.2) is 0 Å². The van der Waals surface area contributed by atoms with Crippen LogP contribution in [0.15, 0.2) is 53.0 Å². The molecule has 0 amide bonds. The van der Waals surface area contributed by atoms with Gasteiger partial charge in [0, 0.05) is 26.9 Å². The van der Waals surface area contributed by atoms with Gasteiger partial charge >= 0.3 is 0 Å². The summed E-state index contributed by atoms with van der Waals surface area (Å²) in [6.07, 6.45) is 4.10. The average molecular weight is 515 g/mol. The van der Waals surface area contributed by atoms with E-state index in [9.17, 15) is 10.4 Å². The van der Waals surface area contributed by atoms with Gasteiger partial charge in [-0.15, -0.1) is 0 Å². The van der Waals surface area contributed by atoms with Gasteiger partial charge in [0.2, 0.25) is 0 Å². The number of allylic oxidation sites excluding steroid dienone is 1. The molecular formula is C28H23BrN2O3. The van der Waals surface area contributed by atoms with E-state index in [1.165, 1.54) is 7.11 Å². The zero-order valence-corrected chi connectivity index (χ0v) is 20.9. The van der Waals surface area contributed by atoms with Crippen LogP contribution in [-0.4, -0.2) is 17.8 Å². The Morgan fingerprint density at radius 3 is 2.65 bits per heavy atom. The molecule has 5 nitrogen and oxygen atoms in total. The monoisotopic (exact) mass is 514 g/mol. The van der Waals surface area contributed by atoms with Crippen molar-refractivity contribution in [3.63, 3.8) is 0 Å². The van der Waals surface area contributed by atoms with Crippen molar-refractivity contribution >= 4 is 39.0 Å². The number of nitrogens with one attached hydrogen (secondary N) is 1. The number of anilines is 1. The van der Waals surface area contributed by atoms with Crippen LogP contribution in [0.25, 0.3) is 28.5 Å². The molecule has 0 saturated heterocycles. The number of rotatable bonds is 2. The largest absolute Gasteiger partial charge is 0.504 e. The summed E-state index contributed by atoms with van der Waals surface area (Å²) >= 11 is 3.51. The predicted octanol–water partition coefficient (Wildman–Crippen LogP) is 7.20. The van der Waals surface area contributed by atoms with Crippen molar-refractivity contribution in [1.29, 1.82) is 5.26 Å². The number of ether oxygens (including phenoxy) is 2. The number of aromatic hydroxyl groups is 1. The molecule has 0 fully saturated rings. The highest BCUT2D eigenvalue weighted by molar-refractivity contribution is 9.10. The minimum Gasteiger partial charge on any atom is -0.504 e. The second-order valence-corrected chi connectivity index (χ2v) is 9.95. The van der Waals surface area contributed by atoms with Crippen LogP contribution in [0.1, 0.15) is 43.0 Å². The first-order valence-corrected chi connectivity index (χ1v) is 11.7.